The van der Waals surface area contributed by atoms with E-state index in [0.29, 0.717) is 6.61 Å². The number of carbonyl (C=O) groups excluding carboxylic acids is 1. The lowest BCUT2D eigenvalue weighted by atomic mass is 10.1. The molecule has 0 unspecified atom stereocenters. The number of hydrogen-bond donors (Lipinski definition) is 1. The topological polar surface area (TPSA) is 81.5 Å². The number of rotatable bonds is 5. The first kappa shape index (κ1) is 16.3. The maximum Gasteiger partial charge on any atom is 0.296 e. The lowest BCUT2D eigenvalue weighted by Gasteiger charge is -2.09. The van der Waals surface area contributed by atoms with Gasteiger partial charge in [0.05, 0.1) is 17.6 Å². The van der Waals surface area contributed by atoms with Gasteiger partial charge in [0, 0.05) is 0 Å². The molecule has 23 heavy (non-hydrogen) atoms. The molecule has 0 saturated heterocycles. The fourth-order valence-corrected chi connectivity index (χ4v) is 1.92. The Morgan fingerprint density at radius 1 is 1.26 bits per heavy atom. The smallest absolute Gasteiger partial charge is 0.296 e. The van der Waals surface area contributed by atoms with Crippen LogP contribution in [0, 0.1) is 21.7 Å². The SMILES string of the molecule is CCOc1ccc(NC(=O)c2c(F)cccc2F)c([N+](=O)[O-])c1. The van der Waals surface area contributed by atoms with Crippen LogP contribution in [0.2, 0.25) is 0 Å². The first-order valence-corrected chi connectivity index (χ1v) is 6.60. The van der Waals surface area contributed by atoms with Crippen LogP contribution < -0.4 is 10.1 Å². The Balaban J connectivity index is 2.36. The third-order valence-corrected chi connectivity index (χ3v) is 2.91. The maximum atomic E-state index is 13.6. The summed E-state index contributed by atoms with van der Waals surface area (Å²) in [5, 5.41) is 13.2. The highest BCUT2D eigenvalue weighted by molar-refractivity contribution is 6.05. The summed E-state index contributed by atoms with van der Waals surface area (Å²) in [7, 11) is 0. The van der Waals surface area contributed by atoms with Gasteiger partial charge in [0.1, 0.15) is 28.6 Å². The van der Waals surface area contributed by atoms with Gasteiger partial charge < -0.3 is 10.1 Å². The van der Waals surface area contributed by atoms with Crippen LogP contribution in [-0.4, -0.2) is 17.4 Å². The second-order valence-electron chi connectivity index (χ2n) is 4.42. The number of nitro groups is 1. The van der Waals surface area contributed by atoms with Gasteiger partial charge in [-0.15, -0.1) is 0 Å². The zero-order valence-corrected chi connectivity index (χ0v) is 12.0. The molecule has 0 aliphatic rings. The lowest BCUT2D eigenvalue weighted by Crippen LogP contribution is -2.16. The molecule has 2 aromatic carbocycles. The Hall–Kier alpha value is -3.03. The molecule has 0 spiro atoms. The van der Waals surface area contributed by atoms with Gasteiger partial charge in [0.2, 0.25) is 0 Å². The third kappa shape index (κ3) is 3.60. The minimum atomic E-state index is -1.12. The Bertz CT molecular complexity index is 745. The second-order valence-corrected chi connectivity index (χ2v) is 4.42. The number of anilines is 1. The summed E-state index contributed by atoms with van der Waals surface area (Å²) in [6, 6.07) is 6.72. The fourth-order valence-electron chi connectivity index (χ4n) is 1.92. The highest BCUT2D eigenvalue weighted by Crippen LogP contribution is 2.29. The van der Waals surface area contributed by atoms with Gasteiger partial charge in [-0.3, -0.25) is 14.9 Å². The van der Waals surface area contributed by atoms with Crippen molar-refractivity contribution in [1.29, 1.82) is 0 Å². The van der Waals surface area contributed by atoms with E-state index in [1.807, 2.05) is 0 Å². The van der Waals surface area contributed by atoms with Gasteiger partial charge in [-0.1, -0.05) is 6.07 Å². The molecule has 0 aliphatic carbocycles. The van der Waals surface area contributed by atoms with E-state index in [1.165, 1.54) is 12.1 Å². The molecule has 120 valence electrons. The fraction of sp³-hybridized carbons (Fsp3) is 0.133. The van der Waals surface area contributed by atoms with Crippen LogP contribution in [0.25, 0.3) is 0 Å². The van der Waals surface area contributed by atoms with Crippen LogP contribution in [0.15, 0.2) is 36.4 Å². The van der Waals surface area contributed by atoms with E-state index >= 15 is 0 Å². The number of nitrogens with one attached hydrogen (secondary N) is 1. The molecule has 2 rings (SSSR count). The monoisotopic (exact) mass is 322 g/mol. The molecule has 0 aliphatic heterocycles. The summed E-state index contributed by atoms with van der Waals surface area (Å²) >= 11 is 0. The van der Waals surface area contributed by atoms with Gasteiger partial charge in [-0.2, -0.15) is 0 Å². The zero-order chi connectivity index (χ0) is 17.0. The number of nitrogens with zero attached hydrogens (tertiary/aromatic N) is 1. The van der Waals surface area contributed by atoms with Crippen molar-refractivity contribution in [2.75, 3.05) is 11.9 Å². The van der Waals surface area contributed by atoms with Gasteiger partial charge >= 0.3 is 0 Å². The van der Waals surface area contributed by atoms with E-state index in [2.05, 4.69) is 5.32 Å². The van der Waals surface area contributed by atoms with Gasteiger partial charge in [0.25, 0.3) is 11.6 Å². The molecule has 6 nitrogen and oxygen atoms in total. The van der Waals surface area contributed by atoms with E-state index in [4.69, 9.17) is 4.74 Å². The summed E-state index contributed by atoms with van der Waals surface area (Å²) in [5.74, 6) is -2.99. The number of carbonyl (C=O) groups is 1. The summed E-state index contributed by atoms with van der Waals surface area (Å²) in [6.07, 6.45) is 0. The van der Waals surface area contributed by atoms with Gasteiger partial charge in [-0.25, -0.2) is 8.78 Å². The van der Waals surface area contributed by atoms with Crippen molar-refractivity contribution < 1.29 is 23.2 Å². The minimum absolute atomic E-state index is 0.189. The molecule has 0 radical (unpaired) electrons. The van der Waals surface area contributed by atoms with Crippen molar-refractivity contribution in [3.8, 4) is 5.75 Å². The van der Waals surface area contributed by atoms with E-state index in [1.54, 1.807) is 6.92 Å². The Morgan fingerprint density at radius 3 is 2.48 bits per heavy atom. The van der Waals surface area contributed by atoms with E-state index in [0.717, 1.165) is 24.3 Å². The molecular formula is C15H12F2N2O4. The minimum Gasteiger partial charge on any atom is -0.494 e. The molecule has 0 saturated carbocycles. The number of nitro benzene ring substituents is 1. The largest absolute Gasteiger partial charge is 0.494 e. The Labute approximate surface area is 129 Å². The molecule has 8 heteroatoms. The van der Waals surface area contributed by atoms with Crippen molar-refractivity contribution in [2.24, 2.45) is 0 Å². The van der Waals surface area contributed by atoms with Crippen molar-refractivity contribution in [3.63, 3.8) is 0 Å². The lowest BCUT2D eigenvalue weighted by molar-refractivity contribution is -0.384. The quantitative estimate of drug-likeness (QED) is 0.674. The van der Waals surface area contributed by atoms with E-state index < -0.39 is 33.7 Å². The summed E-state index contributed by atoms with van der Waals surface area (Å²) in [6.45, 7) is 2.02. The van der Waals surface area contributed by atoms with Crippen LogP contribution in [-0.2, 0) is 0 Å². The average Bonchev–Trinajstić information content (AvgIpc) is 2.48. The second kappa shape index (κ2) is 6.82. The van der Waals surface area contributed by atoms with Crippen LogP contribution in [0.5, 0.6) is 5.75 Å². The van der Waals surface area contributed by atoms with E-state index in [9.17, 15) is 23.7 Å². The Morgan fingerprint density at radius 2 is 1.91 bits per heavy atom. The highest BCUT2D eigenvalue weighted by atomic mass is 19.1. The van der Waals surface area contributed by atoms with Crippen molar-refractivity contribution in [3.05, 3.63) is 63.7 Å². The number of hydrogen-bond acceptors (Lipinski definition) is 4. The molecule has 0 atom stereocenters. The van der Waals surface area contributed by atoms with Gasteiger partial charge in [0.15, 0.2) is 0 Å². The number of benzene rings is 2. The zero-order valence-electron chi connectivity index (χ0n) is 12.0. The van der Waals surface area contributed by atoms with Gasteiger partial charge in [-0.05, 0) is 31.2 Å². The maximum absolute atomic E-state index is 13.6. The predicted octanol–water partition coefficient (Wildman–Crippen LogP) is 3.52. The molecule has 1 N–H and O–H groups in total. The molecule has 0 heterocycles. The first-order chi connectivity index (χ1) is 10.9. The first-order valence-electron chi connectivity index (χ1n) is 6.60. The summed E-state index contributed by atoms with van der Waals surface area (Å²) in [4.78, 5) is 22.4. The predicted molar refractivity (Wildman–Crippen MR) is 78.6 cm³/mol. The standard InChI is InChI=1S/C15H12F2N2O4/c1-2-23-9-6-7-12(13(8-9)19(21)22)18-15(20)14-10(16)4-3-5-11(14)17/h3-8H,2H2,1H3,(H,18,20). The average molecular weight is 322 g/mol. The van der Waals surface area contributed by atoms with Crippen LogP contribution in [0.3, 0.4) is 0 Å². The number of amides is 1. The summed E-state index contributed by atoms with van der Waals surface area (Å²) in [5.41, 5.74) is -1.44. The van der Waals surface area contributed by atoms with Crippen molar-refractivity contribution >= 4 is 17.3 Å². The molecule has 0 aromatic heterocycles. The molecule has 0 fully saturated rings. The number of halogens is 2. The Kier molecular flexibility index (Phi) is 4.85. The molecule has 0 bridgehead atoms. The summed E-state index contributed by atoms with van der Waals surface area (Å²) < 4.78 is 32.3. The molecular weight excluding hydrogens is 310 g/mol. The van der Waals surface area contributed by atoms with Crippen LogP contribution in [0.1, 0.15) is 17.3 Å². The molecule has 1 amide bonds. The van der Waals surface area contributed by atoms with Crippen LogP contribution >= 0.6 is 0 Å². The van der Waals surface area contributed by atoms with Crippen LogP contribution in [0.4, 0.5) is 20.2 Å². The van der Waals surface area contributed by atoms with E-state index in [-0.39, 0.29) is 11.4 Å². The van der Waals surface area contributed by atoms with Crippen molar-refractivity contribution in [1.82, 2.24) is 0 Å². The number of ether oxygens (including phenoxy) is 1. The highest BCUT2D eigenvalue weighted by Gasteiger charge is 2.22. The molecule has 2 aromatic rings. The van der Waals surface area contributed by atoms with Crippen molar-refractivity contribution in [2.45, 2.75) is 6.92 Å². The third-order valence-electron chi connectivity index (χ3n) is 2.91. The normalized spacial score (nSPS) is 10.2.